The molecular weight excluding hydrogens is 252 g/mol. The Morgan fingerprint density at radius 1 is 0.619 bits per heavy atom. The Hall–Kier alpha value is -2.08. The number of benzene rings is 2. The Bertz CT molecular complexity index is 696. The highest BCUT2D eigenvalue weighted by Crippen LogP contribution is 2.45. The minimum Gasteiger partial charge on any atom is -0.0619 e. The van der Waals surface area contributed by atoms with E-state index in [9.17, 15) is 0 Å². The van der Waals surface area contributed by atoms with E-state index in [4.69, 9.17) is 0 Å². The molecule has 0 atom stereocenters. The molecule has 0 saturated heterocycles. The molecule has 102 valence electrons. The number of fused-ring (bicyclic) bond motifs is 2. The molecule has 0 saturated carbocycles. The first-order valence-corrected chi connectivity index (χ1v) is 7.52. The predicted molar refractivity (Wildman–Crippen MR) is 89.5 cm³/mol. The summed E-state index contributed by atoms with van der Waals surface area (Å²) < 4.78 is 0. The van der Waals surface area contributed by atoms with Crippen molar-refractivity contribution in [1.82, 2.24) is 0 Å². The summed E-state index contributed by atoms with van der Waals surface area (Å²) >= 11 is 0. The van der Waals surface area contributed by atoms with E-state index in [0.717, 1.165) is 6.42 Å². The molecule has 2 radical (unpaired) electrons. The molecule has 2 aromatic carbocycles. The normalized spacial score (nSPS) is 17.4. The van der Waals surface area contributed by atoms with Crippen LogP contribution in [-0.4, -0.2) is 0 Å². The molecule has 0 amide bonds. The summed E-state index contributed by atoms with van der Waals surface area (Å²) in [5, 5.41) is 0. The minimum absolute atomic E-state index is 1.03. The lowest BCUT2D eigenvalue weighted by Crippen LogP contribution is -2.07. The van der Waals surface area contributed by atoms with Crippen LogP contribution < -0.4 is 0 Å². The molecule has 2 aromatic rings. The van der Waals surface area contributed by atoms with Crippen molar-refractivity contribution in [3.8, 4) is 0 Å². The molecule has 0 fully saturated rings. The summed E-state index contributed by atoms with van der Waals surface area (Å²) in [6.45, 7) is 4.46. The highest BCUT2D eigenvalue weighted by molar-refractivity contribution is 5.77. The van der Waals surface area contributed by atoms with Crippen molar-refractivity contribution < 1.29 is 0 Å². The second-order valence-corrected chi connectivity index (χ2v) is 5.96. The third-order valence-corrected chi connectivity index (χ3v) is 4.62. The van der Waals surface area contributed by atoms with Crippen LogP contribution in [0.25, 0.3) is 12.2 Å². The van der Waals surface area contributed by atoms with Crippen molar-refractivity contribution in [3.63, 3.8) is 0 Å². The number of hydrogen-bond donors (Lipinski definition) is 0. The van der Waals surface area contributed by atoms with Gasteiger partial charge in [-0.25, -0.2) is 0 Å². The summed E-state index contributed by atoms with van der Waals surface area (Å²) in [6, 6.07) is 17.4. The molecule has 0 spiro atoms. The van der Waals surface area contributed by atoms with Crippen LogP contribution in [0.4, 0.5) is 0 Å². The fraction of sp³-hybridized carbons (Fsp3) is 0.143. The fourth-order valence-electron chi connectivity index (χ4n) is 3.51. The van der Waals surface area contributed by atoms with Crippen molar-refractivity contribution in [2.75, 3.05) is 0 Å². The summed E-state index contributed by atoms with van der Waals surface area (Å²) in [6.07, 6.45) is 5.65. The first-order valence-electron chi connectivity index (χ1n) is 7.52. The van der Waals surface area contributed by atoms with Crippen LogP contribution in [-0.2, 0) is 0 Å². The second kappa shape index (κ2) is 4.73. The van der Waals surface area contributed by atoms with Crippen molar-refractivity contribution in [1.29, 1.82) is 0 Å². The van der Waals surface area contributed by atoms with E-state index in [2.05, 4.69) is 74.5 Å². The molecular formula is C21H18. The van der Waals surface area contributed by atoms with E-state index in [1.165, 1.54) is 45.2 Å². The lowest BCUT2D eigenvalue weighted by atomic mass is 9.82. The lowest BCUT2D eigenvalue weighted by molar-refractivity contribution is 0.933. The van der Waals surface area contributed by atoms with Gasteiger partial charge in [-0.05, 0) is 42.5 Å². The molecule has 0 nitrogen and oxygen atoms in total. The summed E-state index contributed by atoms with van der Waals surface area (Å²) in [5.41, 5.74) is 8.33. The van der Waals surface area contributed by atoms with Gasteiger partial charge in [0.1, 0.15) is 0 Å². The maximum atomic E-state index is 2.31. The Morgan fingerprint density at radius 3 is 1.52 bits per heavy atom. The molecule has 0 aliphatic heterocycles. The quantitative estimate of drug-likeness (QED) is 0.680. The van der Waals surface area contributed by atoms with Crippen LogP contribution in [0.5, 0.6) is 0 Å². The average molecular weight is 270 g/mol. The van der Waals surface area contributed by atoms with Gasteiger partial charge in [-0.3, -0.25) is 0 Å². The molecule has 2 aliphatic rings. The highest BCUT2D eigenvalue weighted by Gasteiger charge is 2.30. The average Bonchev–Trinajstić information content (AvgIpc) is 2.97. The maximum Gasteiger partial charge on any atom is 0.0315 e. The van der Waals surface area contributed by atoms with Gasteiger partial charge in [-0.1, -0.05) is 71.8 Å². The second-order valence-electron chi connectivity index (χ2n) is 5.96. The van der Waals surface area contributed by atoms with Crippen molar-refractivity contribution in [2.45, 2.75) is 20.3 Å². The third kappa shape index (κ3) is 1.98. The largest absolute Gasteiger partial charge is 0.0619 e. The van der Waals surface area contributed by atoms with Gasteiger partial charge in [0.15, 0.2) is 0 Å². The predicted octanol–water partition coefficient (Wildman–Crippen LogP) is 5.46. The SMILES string of the molecule is CC1=Cc2ccccc2[C]1C[C]1C(C)=Cc2ccccc21. The van der Waals surface area contributed by atoms with Gasteiger partial charge in [0, 0.05) is 11.8 Å². The van der Waals surface area contributed by atoms with Gasteiger partial charge < -0.3 is 0 Å². The summed E-state index contributed by atoms with van der Waals surface area (Å²) in [5.74, 6) is 2.95. The van der Waals surface area contributed by atoms with Gasteiger partial charge in [0.2, 0.25) is 0 Å². The van der Waals surface area contributed by atoms with Gasteiger partial charge in [-0.15, -0.1) is 0 Å². The molecule has 2 aliphatic carbocycles. The van der Waals surface area contributed by atoms with E-state index in [1.54, 1.807) is 0 Å². The zero-order valence-corrected chi connectivity index (χ0v) is 12.5. The van der Waals surface area contributed by atoms with Crippen LogP contribution in [0.1, 0.15) is 42.5 Å². The monoisotopic (exact) mass is 270 g/mol. The molecule has 0 N–H and O–H groups in total. The van der Waals surface area contributed by atoms with Crippen LogP contribution in [0, 0.1) is 11.8 Å². The Balaban J connectivity index is 1.69. The number of allylic oxidation sites excluding steroid dienone is 2. The highest BCUT2D eigenvalue weighted by atomic mass is 14.3. The Kier molecular flexibility index (Phi) is 2.85. The molecule has 4 rings (SSSR count). The lowest BCUT2D eigenvalue weighted by Gasteiger charge is -2.20. The van der Waals surface area contributed by atoms with Gasteiger partial charge in [0.25, 0.3) is 0 Å². The van der Waals surface area contributed by atoms with Crippen LogP contribution >= 0.6 is 0 Å². The number of rotatable bonds is 2. The van der Waals surface area contributed by atoms with Crippen LogP contribution in [0.2, 0.25) is 0 Å². The van der Waals surface area contributed by atoms with E-state index in [1.807, 2.05) is 0 Å². The molecule has 0 heteroatoms. The maximum absolute atomic E-state index is 2.31. The zero-order chi connectivity index (χ0) is 14.4. The third-order valence-electron chi connectivity index (χ3n) is 4.62. The van der Waals surface area contributed by atoms with Crippen molar-refractivity contribution in [3.05, 3.63) is 93.8 Å². The first kappa shape index (κ1) is 12.6. The molecule has 0 heterocycles. The molecule has 0 aromatic heterocycles. The van der Waals surface area contributed by atoms with Crippen LogP contribution in [0.3, 0.4) is 0 Å². The van der Waals surface area contributed by atoms with E-state index in [-0.39, 0.29) is 0 Å². The molecule has 21 heavy (non-hydrogen) atoms. The van der Waals surface area contributed by atoms with E-state index in [0.29, 0.717) is 0 Å². The zero-order valence-electron chi connectivity index (χ0n) is 12.5. The number of hydrogen-bond acceptors (Lipinski definition) is 0. The Labute approximate surface area is 126 Å². The first-order chi connectivity index (χ1) is 10.2. The van der Waals surface area contributed by atoms with E-state index < -0.39 is 0 Å². The molecule has 0 unspecified atom stereocenters. The van der Waals surface area contributed by atoms with E-state index >= 15 is 0 Å². The van der Waals surface area contributed by atoms with Crippen LogP contribution in [0.15, 0.2) is 59.7 Å². The smallest absolute Gasteiger partial charge is 0.0315 e. The molecule has 0 bridgehead atoms. The topological polar surface area (TPSA) is 0 Å². The van der Waals surface area contributed by atoms with Crippen molar-refractivity contribution >= 4 is 12.2 Å². The van der Waals surface area contributed by atoms with Gasteiger partial charge in [-0.2, -0.15) is 0 Å². The summed E-state index contributed by atoms with van der Waals surface area (Å²) in [7, 11) is 0. The van der Waals surface area contributed by atoms with Gasteiger partial charge >= 0.3 is 0 Å². The van der Waals surface area contributed by atoms with Crippen molar-refractivity contribution in [2.24, 2.45) is 0 Å². The fourth-order valence-corrected chi connectivity index (χ4v) is 3.51. The minimum atomic E-state index is 1.03. The summed E-state index contributed by atoms with van der Waals surface area (Å²) in [4.78, 5) is 0. The van der Waals surface area contributed by atoms with Gasteiger partial charge in [0.05, 0.1) is 0 Å². The Morgan fingerprint density at radius 2 is 1.05 bits per heavy atom. The standard InChI is InChI=1S/C21H18/c1-14-11-16-7-3-5-9-18(16)20(14)13-21-15(2)12-17-8-4-6-10-19(17)21/h3-12H,13H2,1-2H3.